The molecule has 9 heteroatoms. The van der Waals surface area contributed by atoms with Crippen LogP contribution in [0.3, 0.4) is 0 Å². The normalized spacial score (nSPS) is 14.7. The summed E-state index contributed by atoms with van der Waals surface area (Å²) < 4.78 is 6.85. The van der Waals surface area contributed by atoms with Gasteiger partial charge in [-0.2, -0.15) is 0 Å². The number of anilines is 1. The highest BCUT2D eigenvalue weighted by Crippen LogP contribution is 2.19. The number of hydrogen-bond acceptors (Lipinski definition) is 7. The molecule has 134 valence electrons. The van der Waals surface area contributed by atoms with E-state index in [1.807, 2.05) is 28.7 Å². The molecule has 3 aromatic rings. The zero-order valence-corrected chi connectivity index (χ0v) is 14.7. The first-order chi connectivity index (χ1) is 12.6. The van der Waals surface area contributed by atoms with Gasteiger partial charge in [-0.1, -0.05) is 5.16 Å². The van der Waals surface area contributed by atoms with Crippen LogP contribution in [0.1, 0.15) is 21.9 Å². The summed E-state index contributed by atoms with van der Waals surface area (Å²) in [5.41, 5.74) is 0.527. The van der Waals surface area contributed by atoms with E-state index >= 15 is 0 Å². The molecule has 1 amide bonds. The lowest BCUT2D eigenvalue weighted by molar-refractivity contribution is 0.0744. The number of carbonyl (C=O) groups excluding carboxylic acids is 1. The number of hydrogen-bond donors (Lipinski definition) is 0. The minimum Gasteiger partial charge on any atom is -0.361 e. The molecule has 0 saturated carbocycles. The van der Waals surface area contributed by atoms with Crippen LogP contribution in [0.25, 0.3) is 5.82 Å². The topological polar surface area (TPSA) is 93.2 Å². The lowest BCUT2D eigenvalue weighted by Crippen LogP contribution is -2.49. The lowest BCUT2D eigenvalue weighted by atomic mass is 10.2. The molecule has 26 heavy (non-hydrogen) atoms. The molecule has 3 aromatic heterocycles. The second-order valence-corrected chi connectivity index (χ2v) is 6.18. The molecule has 1 fully saturated rings. The first-order valence-electron chi connectivity index (χ1n) is 8.41. The van der Waals surface area contributed by atoms with Crippen LogP contribution in [0, 0.1) is 13.8 Å². The average molecular weight is 353 g/mol. The minimum atomic E-state index is -0.0404. The van der Waals surface area contributed by atoms with Gasteiger partial charge in [-0.15, -0.1) is 0 Å². The summed E-state index contributed by atoms with van der Waals surface area (Å²) in [6.45, 7) is 6.27. The number of amides is 1. The Morgan fingerprint density at radius 3 is 2.54 bits per heavy atom. The second-order valence-electron chi connectivity index (χ2n) is 6.18. The summed E-state index contributed by atoms with van der Waals surface area (Å²) in [4.78, 5) is 29.6. The fourth-order valence-corrected chi connectivity index (χ4v) is 3.04. The summed E-state index contributed by atoms with van der Waals surface area (Å²) >= 11 is 0. The maximum absolute atomic E-state index is 12.6. The first kappa shape index (κ1) is 16.2. The van der Waals surface area contributed by atoms with E-state index < -0.39 is 0 Å². The van der Waals surface area contributed by atoms with Gasteiger partial charge < -0.3 is 14.3 Å². The van der Waals surface area contributed by atoms with E-state index in [2.05, 4.69) is 25.0 Å². The largest absolute Gasteiger partial charge is 0.361 e. The van der Waals surface area contributed by atoms with Gasteiger partial charge in [-0.05, 0) is 13.8 Å². The van der Waals surface area contributed by atoms with Crippen molar-refractivity contribution in [3.8, 4) is 5.82 Å². The number of imidazole rings is 1. The maximum atomic E-state index is 12.6. The van der Waals surface area contributed by atoms with Crippen molar-refractivity contribution in [2.75, 3.05) is 31.1 Å². The third kappa shape index (κ3) is 3.03. The predicted octanol–water partition coefficient (Wildman–Crippen LogP) is 1.23. The molecule has 0 atom stereocenters. The number of aromatic nitrogens is 5. The SMILES string of the molecule is Cc1nc(N2CCN(C(=O)c3cnoc3C)CC2)cc(-n2ccnc2)n1. The molecule has 0 aromatic carbocycles. The van der Waals surface area contributed by atoms with Crippen LogP contribution in [-0.4, -0.2) is 61.7 Å². The van der Waals surface area contributed by atoms with E-state index in [0.29, 0.717) is 43.3 Å². The molecule has 1 aliphatic heterocycles. The molecule has 0 spiro atoms. The Kier molecular flexibility index (Phi) is 4.11. The zero-order chi connectivity index (χ0) is 18.1. The van der Waals surface area contributed by atoms with Crippen LogP contribution < -0.4 is 4.90 Å². The highest BCUT2D eigenvalue weighted by Gasteiger charge is 2.25. The van der Waals surface area contributed by atoms with Crippen molar-refractivity contribution in [3.05, 3.63) is 48.1 Å². The van der Waals surface area contributed by atoms with E-state index in [1.54, 1.807) is 19.4 Å². The molecule has 0 aliphatic carbocycles. The van der Waals surface area contributed by atoms with Crippen molar-refractivity contribution in [2.24, 2.45) is 0 Å². The van der Waals surface area contributed by atoms with Gasteiger partial charge in [-0.25, -0.2) is 15.0 Å². The minimum absolute atomic E-state index is 0.0404. The van der Waals surface area contributed by atoms with E-state index in [0.717, 1.165) is 11.6 Å². The molecule has 4 rings (SSSR count). The molecule has 0 bridgehead atoms. The Labute approximate surface area is 150 Å². The molecule has 0 radical (unpaired) electrons. The van der Waals surface area contributed by atoms with Gasteiger partial charge in [0.1, 0.15) is 35.1 Å². The zero-order valence-electron chi connectivity index (χ0n) is 14.7. The van der Waals surface area contributed by atoms with E-state index in [-0.39, 0.29) is 5.91 Å². The highest BCUT2D eigenvalue weighted by molar-refractivity contribution is 5.94. The van der Waals surface area contributed by atoms with Crippen molar-refractivity contribution in [2.45, 2.75) is 13.8 Å². The van der Waals surface area contributed by atoms with E-state index in [4.69, 9.17) is 4.52 Å². The predicted molar refractivity (Wildman–Crippen MR) is 93.2 cm³/mol. The monoisotopic (exact) mass is 353 g/mol. The number of rotatable bonds is 3. The molecule has 1 saturated heterocycles. The van der Waals surface area contributed by atoms with Gasteiger partial charge in [0.05, 0.1) is 6.20 Å². The smallest absolute Gasteiger partial charge is 0.259 e. The van der Waals surface area contributed by atoms with Crippen molar-refractivity contribution >= 4 is 11.7 Å². The van der Waals surface area contributed by atoms with Crippen molar-refractivity contribution in [1.82, 2.24) is 29.6 Å². The van der Waals surface area contributed by atoms with Crippen molar-refractivity contribution in [1.29, 1.82) is 0 Å². The lowest BCUT2D eigenvalue weighted by Gasteiger charge is -2.35. The van der Waals surface area contributed by atoms with Crippen LogP contribution >= 0.6 is 0 Å². The van der Waals surface area contributed by atoms with Crippen LogP contribution in [-0.2, 0) is 0 Å². The Balaban J connectivity index is 1.48. The van der Waals surface area contributed by atoms with Gasteiger partial charge in [-0.3, -0.25) is 9.36 Å². The fourth-order valence-electron chi connectivity index (χ4n) is 3.04. The molecular weight excluding hydrogens is 334 g/mol. The number of nitrogens with zero attached hydrogens (tertiary/aromatic N) is 7. The van der Waals surface area contributed by atoms with E-state index in [9.17, 15) is 4.79 Å². The van der Waals surface area contributed by atoms with Crippen molar-refractivity contribution in [3.63, 3.8) is 0 Å². The molecule has 4 heterocycles. The first-order valence-corrected chi connectivity index (χ1v) is 8.41. The van der Waals surface area contributed by atoms with E-state index in [1.165, 1.54) is 6.20 Å². The summed E-state index contributed by atoms with van der Waals surface area (Å²) in [6, 6.07) is 1.94. The summed E-state index contributed by atoms with van der Waals surface area (Å²) in [5.74, 6) is 2.85. The van der Waals surface area contributed by atoms with Gasteiger partial charge in [0, 0.05) is 44.6 Å². The summed E-state index contributed by atoms with van der Waals surface area (Å²) in [5, 5.41) is 3.69. The van der Waals surface area contributed by atoms with Gasteiger partial charge in [0.15, 0.2) is 0 Å². The maximum Gasteiger partial charge on any atom is 0.259 e. The van der Waals surface area contributed by atoms with Gasteiger partial charge in [0.25, 0.3) is 5.91 Å². The quantitative estimate of drug-likeness (QED) is 0.699. The molecule has 0 unspecified atom stereocenters. The number of aryl methyl sites for hydroxylation is 2. The number of carbonyl (C=O) groups is 1. The third-order valence-corrected chi connectivity index (χ3v) is 4.45. The number of piperazine rings is 1. The highest BCUT2D eigenvalue weighted by atomic mass is 16.5. The Bertz CT molecular complexity index is 911. The second kappa shape index (κ2) is 6.58. The molecule has 1 aliphatic rings. The fraction of sp³-hybridized carbons (Fsp3) is 0.353. The summed E-state index contributed by atoms with van der Waals surface area (Å²) in [7, 11) is 0. The van der Waals surface area contributed by atoms with Gasteiger partial charge in [0.2, 0.25) is 0 Å². The molecular formula is C17H19N7O2. The summed E-state index contributed by atoms with van der Waals surface area (Å²) in [6.07, 6.45) is 6.76. The van der Waals surface area contributed by atoms with Crippen LogP contribution in [0.4, 0.5) is 5.82 Å². The average Bonchev–Trinajstić information content (AvgIpc) is 3.32. The van der Waals surface area contributed by atoms with Crippen LogP contribution in [0.15, 0.2) is 35.5 Å². The third-order valence-electron chi connectivity index (χ3n) is 4.45. The molecule has 0 N–H and O–H groups in total. The Morgan fingerprint density at radius 2 is 1.88 bits per heavy atom. The molecule has 9 nitrogen and oxygen atoms in total. The Morgan fingerprint density at radius 1 is 1.12 bits per heavy atom. The van der Waals surface area contributed by atoms with Gasteiger partial charge >= 0.3 is 0 Å². The standard InChI is InChI=1S/C17H19N7O2/c1-12-14(10-19-26-12)17(25)23-7-5-22(6-8-23)15-9-16(21-13(2)20-15)24-4-3-18-11-24/h3-4,9-11H,5-8H2,1-2H3. The van der Waals surface area contributed by atoms with Crippen molar-refractivity contribution < 1.29 is 9.32 Å². The van der Waals surface area contributed by atoms with Crippen LogP contribution in [0.5, 0.6) is 0 Å². The van der Waals surface area contributed by atoms with Crippen LogP contribution in [0.2, 0.25) is 0 Å². The Hall–Kier alpha value is -3.23.